The number of amides is 1. The van der Waals surface area contributed by atoms with E-state index in [4.69, 9.17) is 5.73 Å². The van der Waals surface area contributed by atoms with E-state index >= 15 is 0 Å². The van der Waals surface area contributed by atoms with E-state index in [1.807, 2.05) is 11.0 Å². The zero-order valence-electron chi connectivity index (χ0n) is 12.3. The van der Waals surface area contributed by atoms with Gasteiger partial charge in [0.1, 0.15) is 0 Å². The molecule has 1 aliphatic rings. The third-order valence-electron chi connectivity index (χ3n) is 3.74. The first-order chi connectivity index (χ1) is 9.29. The van der Waals surface area contributed by atoms with Gasteiger partial charge in [-0.15, -0.1) is 0 Å². The summed E-state index contributed by atoms with van der Waals surface area (Å²) in [5, 5.41) is 0. The van der Waals surface area contributed by atoms with Crippen LogP contribution in [0.2, 0.25) is 0 Å². The molecule has 1 heterocycles. The molecular formula is C15H22BrN3O. The Morgan fingerprint density at radius 3 is 2.35 bits per heavy atom. The minimum Gasteiger partial charge on any atom is -0.399 e. The molecule has 0 saturated carbocycles. The molecule has 2 N–H and O–H groups in total. The third kappa shape index (κ3) is 3.33. The second kappa shape index (κ2) is 5.74. The number of piperazine rings is 1. The van der Waals surface area contributed by atoms with Gasteiger partial charge in [0.15, 0.2) is 0 Å². The number of carbonyl (C=O) groups is 1. The Morgan fingerprint density at radius 2 is 1.80 bits per heavy atom. The highest BCUT2D eigenvalue weighted by Crippen LogP contribution is 2.23. The number of anilines is 1. The molecule has 1 amide bonds. The van der Waals surface area contributed by atoms with Gasteiger partial charge in [-0.25, -0.2) is 0 Å². The van der Waals surface area contributed by atoms with Crippen LogP contribution in [0.15, 0.2) is 22.7 Å². The summed E-state index contributed by atoms with van der Waals surface area (Å²) in [5.41, 5.74) is 7.20. The summed E-state index contributed by atoms with van der Waals surface area (Å²) in [6, 6.07) is 5.36. The van der Waals surface area contributed by atoms with Crippen molar-refractivity contribution in [3.05, 3.63) is 28.2 Å². The average Bonchev–Trinajstić information content (AvgIpc) is 2.40. The normalized spacial score (nSPS) is 17.3. The van der Waals surface area contributed by atoms with Crippen molar-refractivity contribution in [2.45, 2.75) is 26.3 Å². The molecule has 0 bridgehead atoms. The number of hydrogen-bond donors (Lipinski definition) is 1. The molecular weight excluding hydrogens is 318 g/mol. The monoisotopic (exact) mass is 339 g/mol. The highest BCUT2D eigenvalue weighted by Gasteiger charge is 2.28. The molecule has 0 unspecified atom stereocenters. The third-order valence-corrected chi connectivity index (χ3v) is 4.43. The highest BCUT2D eigenvalue weighted by atomic mass is 79.9. The summed E-state index contributed by atoms with van der Waals surface area (Å²) in [4.78, 5) is 16.9. The standard InChI is InChI=1S/C15H22BrN3O/c1-15(2,3)19-8-6-18(7-9-19)14(20)12-10-11(17)4-5-13(12)16/h4-5,10H,6-9,17H2,1-3H3. The van der Waals surface area contributed by atoms with Gasteiger partial charge in [0, 0.05) is 41.9 Å². The van der Waals surface area contributed by atoms with Crippen molar-refractivity contribution in [3.8, 4) is 0 Å². The fraction of sp³-hybridized carbons (Fsp3) is 0.533. The maximum Gasteiger partial charge on any atom is 0.255 e. The van der Waals surface area contributed by atoms with Gasteiger partial charge in [-0.3, -0.25) is 9.69 Å². The number of benzene rings is 1. The van der Waals surface area contributed by atoms with Gasteiger partial charge in [0.25, 0.3) is 5.91 Å². The molecule has 0 aliphatic carbocycles. The lowest BCUT2D eigenvalue weighted by Gasteiger charge is -2.42. The molecule has 2 rings (SSSR count). The Morgan fingerprint density at radius 1 is 1.20 bits per heavy atom. The maximum absolute atomic E-state index is 12.6. The van der Waals surface area contributed by atoms with Gasteiger partial charge in [-0.1, -0.05) is 0 Å². The van der Waals surface area contributed by atoms with Gasteiger partial charge in [0.05, 0.1) is 5.56 Å². The van der Waals surface area contributed by atoms with Crippen LogP contribution in [0.5, 0.6) is 0 Å². The van der Waals surface area contributed by atoms with Crippen molar-refractivity contribution >= 4 is 27.5 Å². The highest BCUT2D eigenvalue weighted by molar-refractivity contribution is 9.10. The topological polar surface area (TPSA) is 49.6 Å². The Hall–Kier alpha value is -1.07. The minimum absolute atomic E-state index is 0.0535. The molecule has 0 aromatic heterocycles. The van der Waals surface area contributed by atoms with Crippen LogP contribution in [0.1, 0.15) is 31.1 Å². The summed E-state index contributed by atoms with van der Waals surface area (Å²) in [5.74, 6) is 0.0535. The van der Waals surface area contributed by atoms with Crippen LogP contribution in [0.3, 0.4) is 0 Å². The van der Waals surface area contributed by atoms with Crippen LogP contribution in [-0.2, 0) is 0 Å². The van der Waals surface area contributed by atoms with Crippen molar-refractivity contribution in [3.63, 3.8) is 0 Å². The first kappa shape index (κ1) is 15.3. The van der Waals surface area contributed by atoms with Gasteiger partial charge >= 0.3 is 0 Å². The molecule has 0 spiro atoms. The Labute approximate surface area is 129 Å². The van der Waals surface area contributed by atoms with E-state index < -0.39 is 0 Å². The van der Waals surface area contributed by atoms with Crippen LogP contribution in [0.4, 0.5) is 5.69 Å². The largest absolute Gasteiger partial charge is 0.399 e. The van der Waals surface area contributed by atoms with Gasteiger partial charge in [-0.2, -0.15) is 0 Å². The predicted molar refractivity (Wildman–Crippen MR) is 85.8 cm³/mol. The quantitative estimate of drug-likeness (QED) is 0.800. The number of nitrogens with zero attached hydrogens (tertiary/aromatic N) is 2. The van der Waals surface area contributed by atoms with E-state index in [2.05, 4.69) is 41.6 Å². The van der Waals surface area contributed by atoms with Crippen molar-refractivity contribution in [2.24, 2.45) is 0 Å². The lowest BCUT2D eigenvalue weighted by Crippen LogP contribution is -2.54. The number of nitrogens with two attached hydrogens (primary N) is 1. The van der Waals surface area contributed by atoms with Crippen LogP contribution < -0.4 is 5.73 Å². The summed E-state index contributed by atoms with van der Waals surface area (Å²) in [6.07, 6.45) is 0. The van der Waals surface area contributed by atoms with E-state index in [0.29, 0.717) is 11.3 Å². The molecule has 20 heavy (non-hydrogen) atoms. The molecule has 4 nitrogen and oxygen atoms in total. The predicted octanol–water partition coefficient (Wildman–Crippen LogP) is 2.59. The summed E-state index contributed by atoms with van der Waals surface area (Å²) in [6.45, 7) is 9.97. The zero-order chi connectivity index (χ0) is 14.9. The van der Waals surface area contributed by atoms with Crippen molar-refractivity contribution < 1.29 is 4.79 Å². The van der Waals surface area contributed by atoms with Crippen LogP contribution in [-0.4, -0.2) is 47.4 Å². The van der Waals surface area contributed by atoms with Crippen molar-refractivity contribution in [1.29, 1.82) is 0 Å². The first-order valence-corrected chi connectivity index (χ1v) is 7.67. The van der Waals surface area contributed by atoms with Gasteiger partial charge in [-0.05, 0) is 54.9 Å². The molecule has 1 aromatic carbocycles. The molecule has 1 saturated heterocycles. The molecule has 0 atom stereocenters. The number of hydrogen-bond acceptors (Lipinski definition) is 3. The second-order valence-corrected chi connectivity index (χ2v) is 7.04. The fourth-order valence-electron chi connectivity index (χ4n) is 2.46. The van der Waals surface area contributed by atoms with E-state index in [-0.39, 0.29) is 11.4 Å². The number of carbonyl (C=O) groups excluding carboxylic acids is 1. The van der Waals surface area contributed by atoms with Crippen molar-refractivity contribution in [1.82, 2.24) is 9.80 Å². The van der Waals surface area contributed by atoms with Gasteiger partial charge < -0.3 is 10.6 Å². The summed E-state index contributed by atoms with van der Waals surface area (Å²) < 4.78 is 0.801. The number of nitrogen functional groups attached to an aromatic ring is 1. The molecule has 1 aliphatic heterocycles. The van der Waals surface area contributed by atoms with Crippen LogP contribution in [0.25, 0.3) is 0 Å². The first-order valence-electron chi connectivity index (χ1n) is 6.88. The SMILES string of the molecule is CC(C)(C)N1CCN(C(=O)c2cc(N)ccc2Br)CC1. The molecule has 5 heteroatoms. The summed E-state index contributed by atoms with van der Waals surface area (Å²) in [7, 11) is 0. The lowest BCUT2D eigenvalue weighted by atomic mass is 10.0. The van der Waals surface area contributed by atoms with E-state index in [9.17, 15) is 4.79 Å². The number of rotatable bonds is 1. The molecule has 1 fully saturated rings. The van der Waals surface area contributed by atoms with Crippen molar-refractivity contribution in [2.75, 3.05) is 31.9 Å². The van der Waals surface area contributed by atoms with E-state index in [1.54, 1.807) is 12.1 Å². The zero-order valence-corrected chi connectivity index (χ0v) is 13.9. The second-order valence-electron chi connectivity index (χ2n) is 6.19. The lowest BCUT2D eigenvalue weighted by molar-refractivity contribution is 0.0450. The van der Waals surface area contributed by atoms with Crippen LogP contribution in [0, 0.1) is 0 Å². The molecule has 0 radical (unpaired) electrons. The Bertz CT molecular complexity index is 502. The smallest absolute Gasteiger partial charge is 0.255 e. The molecule has 110 valence electrons. The average molecular weight is 340 g/mol. The summed E-state index contributed by atoms with van der Waals surface area (Å²) >= 11 is 3.43. The van der Waals surface area contributed by atoms with E-state index in [0.717, 1.165) is 30.7 Å². The Balaban J connectivity index is 2.07. The number of halogens is 1. The van der Waals surface area contributed by atoms with Gasteiger partial charge in [0.2, 0.25) is 0 Å². The minimum atomic E-state index is 0.0535. The van der Waals surface area contributed by atoms with E-state index in [1.165, 1.54) is 0 Å². The maximum atomic E-state index is 12.6. The van der Waals surface area contributed by atoms with Crippen LogP contribution >= 0.6 is 15.9 Å². The fourth-order valence-corrected chi connectivity index (χ4v) is 2.87. The molecule has 1 aromatic rings. The Kier molecular flexibility index (Phi) is 4.39.